The molecule has 0 aliphatic heterocycles. The number of benzene rings is 1. The Morgan fingerprint density at radius 3 is 2.76 bits per heavy atom. The van der Waals surface area contributed by atoms with E-state index in [4.69, 9.17) is 10.1 Å². The smallest absolute Gasteiger partial charge is 0.305 e. The van der Waals surface area contributed by atoms with Crippen LogP contribution in [0.25, 0.3) is 11.0 Å². The van der Waals surface area contributed by atoms with Gasteiger partial charge in [0.1, 0.15) is 5.82 Å². The molecule has 2 rings (SSSR count). The van der Waals surface area contributed by atoms with E-state index in [0.29, 0.717) is 12.5 Å². The van der Waals surface area contributed by atoms with Crippen molar-refractivity contribution in [3.05, 3.63) is 30.1 Å². The molecule has 1 aromatic carbocycles. The molecule has 1 heterocycles. The molecule has 0 amide bonds. The fraction of sp³-hybridized carbons (Fsp3) is 0.529. The van der Waals surface area contributed by atoms with E-state index in [0.717, 1.165) is 29.7 Å². The van der Waals surface area contributed by atoms with Gasteiger partial charge in [0, 0.05) is 12.5 Å². The first-order chi connectivity index (χ1) is 10.2. The summed E-state index contributed by atoms with van der Waals surface area (Å²) in [5.41, 5.74) is 2.01. The number of imidazole rings is 1. The van der Waals surface area contributed by atoms with Gasteiger partial charge in [-0.2, -0.15) is 0 Å². The molecule has 21 heavy (non-hydrogen) atoms. The van der Waals surface area contributed by atoms with Gasteiger partial charge in [0.15, 0.2) is 0 Å². The zero-order chi connectivity index (χ0) is 15.2. The van der Waals surface area contributed by atoms with E-state index in [9.17, 15) is 4.79 Å². The van der Waals surface area contributed by atoms with Crippen LogP contribution in [0.4, 0.5) is 0 Å². The van der Waals surface area contributed by atoms with E-state index >= 15 is 0 Å². The fourth-order valence-corrected chi connectivity index (χ4v) is 2.81. The molecule has 114 valence electrons. The summed E-state index contributed by atoms with van der Waals surface area (Å²) in [5, 5.41) is 8.98. The second kappa shape index (κ2) is 7.25. The van der Waals surface area contributed by atoms with Crippen molar-refractivity contribution in [2.75, 3.05) is 0 Å². The maximum absolute atomic E-state index is 10.9. The fourth-order valence-electron chi connectivity index (χ4n) is 2.81. The monoisotopic (exact) mass is 288 g/mol. The highest BCUT2D eigenvalue weighted by molar-refractivity contribution is 5.76. The van der Waals surface area contributed by atoms with Crippen LogP contribution in [0.15, 0.2) is 24.3 Å². The molecule has 1 aromatic heterocycles. The van der Waals surface area contributed by atoms with Crippen molar-refractivity contribution in [1.82, 2.24) is 9.55 Å². The summed E-state index contributed by atoms with van der Waals surface area (Å²) < 4.78 is 2.10. The summed E-state index contributed by atoms with van der Waals surface area (Å²) in [6.07, 6.45) is 4.64. The lowest BCUT2D eigenvalue weighted by molar-refractivity contribution is -0.137. The van der Waals surface area contributed by atoms with Crippen molar-refractivity contribution >= 4 is 17.0 Å². The second-order valence-electron chi connectivity index (χ2n) is 5.50. The second-order valence-corrected chi connectivity index (χ2v) is 5.50. The van der Waals surface area contributed by atoms with Crippen LogP contribution in [-0.4, -0.2) is 20.6 Å². The number of fused-ring (bicyclic) bond motifs is 1. The van der Waals surface area contributed by atoms with Gasteiger partial charge in [-0.05, 0) is 25.0 Å². The topological polar surface area (TPSA) is 55.1 Å². The molecule has 0 bridgehead atoms. The number of hydrogen-bond acceptors (Lipinski definition) is 2. The van der Waals surface area contributed by atoms with Crippen LogP contribution in [0.1, 0.15) is 57.7 Å². The minimum absolute atomic E-state index is 0.136. The lowest BCUT2D eigenvalue weighted by Crippen LogP contribution is -2.11. The number of aromatic nitrogens is 2. The largest absolute Gasteiger partial charge is 0.481 e. The van der Waals surface area contributed by atoms with Crippen LogP contribution < -0.4 is 0 Å². The van der Waals surface area contributed by atoms with Crippen LogP contribution in [-0.2, 0) is 11.3 Å². The first kappa shape index (κ1) is 15.5. The lowest BCUT2D eigenvalue weighted by atomic mass is 9.98. The third kappa shape index (κ3) is 3.63. The van der Waals surface area contributed by atoms with Gasteiger partial charge in [-0.3, -0.25) is 4.79 Å². The quantitative estimate of drug-likeness (QED) is 0.792. The number of carbonyl (C=O) groups is 1. The Labute approximate surface area is 125 Å². The summed E-state index contributed by atoms with van der Waals surface area (Å²) in [6.45, 7) is 4.87. The third-order valence-electron chi connectivity index (χ3n) is 4.00. The number of aryl methyl sites for hydroxylation is 1. The van der Waals surface area contributed by atoms with Gasteiger partial charge in [0.25, 0.3) is 0 Å². The minimum Gasteiger partial charge on any atom is -0.481 e. The highest BCUT2D eigenvalue weighted by atomic mass is 16.4. The number of para-hydroxylation sites is 2. The molecule has 0 fully saturated rings. The molecule has 0 radical (unpaired) electrons. The van der Waals surface area contributed by atoms with Gasteiger partial charge in [-0.1, -0.05) is 38.8 Å². The van der Waals surface area contributed by atoms with Crippen molar-refractivity contribution in [3.63, 3.8) is 0 Å². The first-order valence-corrected chi connectivity index (χ1v) is 7.84. The van der Waals surface area contributed by atoms with Crippen LogP contribution in [0.3, 0.4) is 0 Å². The number of rotatable bonds is 8. The Morgan fingerprint density at radius 1 is 1.33 bits per heavy atom. The van der Waals surface area contributed by atoms with Crippen molar-refractivity contribution in [3.8, 4) is 0 Å². The number of carboxylic acid groups (broad SMARTS) is 1. The zero-order valence-electron chi connectivity index (χ0n) is 12.9. The molecular weight excluding hydrogens is 264 g/mol. The molecular formula is C17H24N2O2. The van der Waals surface area contributed by atoms with Crippen molar-refractivity contribution in [2.45, 2.75) is 58.4 Å². The molecule has 0 saturated carbocycles. The zero-order valence-corrected chi connectivity index (χ0v) is 12.9. The van der Waals surface area contributed by atoms with E-state index in [2.05, 4.69) is 18.4 Å². The van der Waals surface area contributed by atoms with Gasteiger partial charge in [0.05, 0.1) is 17.5 Å². The average Bonchev–Trinajstić information content (AvgIpc) is 2.84. The maximum Gasteiger partial charge on any atom is 0.305 e. The summed E-state index contributed by atoms with van der Waals surface area (Å²) in [7, 11) is 0. The van der Waals surface area contributed by atoms with Gasteiger partial charge in [-0.25, -0.2) is 4.98 Å². The van der Waals surface area contributed by atoms with Crippen LogP contribution in [0, 0.1) is 0 Å². The standard InChI is InChI=1S/C17H24N2O2/c1-3-5-8-13(4-2)17-18-14-9-6-7-10-15(14)19(17)12-11-16(20)21/h6-7,9-10,13H,3-5,8,11-12H2,1-2H3,(H,20,21). The van der Waals surface area contributed by atoms with Gasteiger partial charge in [-0.15, -0.1) is 0 Å². The van der Waals surface area contributed by atoms with Crippen LogP contribution in [0.5, 0.6) is 0 Å². The predicted octanol–water partition coefficient (Wildman–Crippen LogP) is 4.19. The van der Waals surface area contributed by atoms with Crippen molar-refractivity contribution in [2.24, 2.45) is 0 Å². The Kier molecular flexibility index (Phi) is 5.37. The molecule has 4 nitrogen and oxygen atoms in total. The first-order valence-electron chi connectivity index (χ1n) is 7.84. The summed E-state index contributed by atoms with van der Waals surface area (Å²) >= 11 is 0. The van der Waals surface area contributed by atoms with Crippen molar-refractivity contribution < 1.29 is 9.90 Å². The summed E-state index contributed by atoms with van der Waals surface area (Å²) in [5.74, 6) is 0.694. The maximum atomic E-state index is 10.9. The normalized spacial score (nSPS) is 12.7. The average molecular weight is 288 g/mol. The van der Waals surface area contributed by atoms with Crippen LogP contribution >= 0.6 is 0 Å². The third-order valence-corrected chi connectivity index (χ3v) is 4.00. The number of hydrogen-bond donors (Lipinski definition) is 1. The molecule has 0 aliphatic carbocycles. The van der Waals surface area contributed by atoms with E-state index in [1.807, 2.05) is 24.3 Å². The van der Waals surface area contributed by atoms with E-state index in [-0.39, 0.29) is 6.42 Å². The molecule has 2 aromatic rings. The number of unbranched alkanes of at least 4 members (excludes halogenated alkanes) is 1. The lowest BCUT2D eigenvalue weighted by Gasteiger charge is -2.16. The number of nitrogens with zero attached hydrogens (tertiary/aromatic N) is 2. The Bertz CT molecular complexity index is 604. The van der Waals surface area contributed by atoms with E-state index in [1.54, 1.807) is 0 Å². The Morgan fingerprint density at radius 2 is 2.10 bits per heavy atom. The molecule has 1 N–H and O–H groups in total. The number of aliphatic carboxylic acids is 1. The highest BCUT2D eigenvalue weighted by Gasteiger charge is 2.18. The molecule has 0 aliphatic rings. The Balaban J connectivity index is 2.39. The highest BCUT2D eigenvalue weighted by Crippen LogP contribution is 2.28. The van der Waals surface area contributed by atoms with E-state index in [1.165, 1.54) is 12.8 Å². The SMILES string of the molecule is CCCCC(CC)c1nc2ccccc2n1CCC(=O)O. The summed E-state index contributed by atoms with van der Waals surface area (Å²) in [4.78, 5) is 15.7. The predicted molar refractivity (Wildman–Crippen MR) is 84.5 cm³/mol. The molecule has 1 atom stereocenters. The summed E-state index contributed by atoms with van der Waals surface area (Å²) in [6, 6.07) is 7.99. The Hall–Kier alpha value is -1.84. The van der Waals surface area contributed by atoms with Gasteiger partial charge >= 0.3 is 5.97 Å². The molecule has 0 spiro atoms. The number of carboxylic acids is 1. The van der Waals surface area contributed by atoms with Crippen LogP contribution in [0.2, 0.25) is 0 Å². The van der Waals surface area contributed by atoms with Crippen molar-refractivity contribution in [1.29, 1.82) is 0 Å². The van der Waals surface area contributed by atoms with Gasteiger partial charge < -0.3 is 9.67 Å². The molecule has 0 saturated heterocycles. The molecule has 1 unspecified atom stereocenters. The minimum atomic E-state index is -0.764. The molecule has 4 heteroatoms. The van der Waals surface area contributed by atoms with Gasteiger partial charge in [0.2, 0.25) is 0 Å². The van der Waals surface area contributed by atoms with E-state index < -0.39 is 5.97 Å².